The number of carbonyl (C=O) groups is 2. The highest BCUT2D eigenvalue weighted by atomic mass is 16.2. The van der Waals surface area contributed by atoms with Crippen molar-refractivity contribution >= 4 is 11.8 Å². The maximum atomic E-state index is 12.9. The molecule has 2 atom stereocenters. The van der Waals surface area contributed by atoms with Crippen molar-refractivity contribution in [3.8, 4) is 0 Å². The van der Waals surface area contributed by atoms with Crippen molar-refractivity contribution in [2.24, 2.45) is 11.8 Å². The lowest BCUT2D eigenvalue weighted by Crippen LogP contribution is -2.38. The number of amides is 2. The molecule has 1 fully saturated rings. The van der Waals surface area contributed by atoms with Crippen molar-refractivity contribution in [2.75, 3.05) is 0 Å². The lowest BCUT2D eigenvalue weighted by molar-refractivity contribution is -0.136. The number of hydrogen-bond donors (Lipinski definition) is 1. The highest BCUT2D eigenvalue weighted by Gasteiger charge is 2.49. The second kappa shape index (κ2) is 8.38. The first-order valence-electron chi connectivity index (χ1n) is 9.63. The summed E-state index contributed by atoms with van der Waals surface area (Å²) in [4.78, 5) is 27.3. The van der Waals surface area contributed by atoms with E-state index in [2.05, 4.69) is 11.4 Å². The van der Waals surface area contributed by atoms with Crippen LogP contribution in [0.3, 0.4) is 0 Å². The van der Waals surface area contributed by atoms with E-state index in [1.807, 2.05) is 74.2 Å². The second-order valence-corrected chi connectivity index (χ2v) is 7.70. The summed E-state index contributed by atoms with van der Waals surface area (Å²) in [5.74, 6) is -0.309. The minimum absolute atomic E-state index is 0.0155. The van der Waals surface area contributed by atoms with Crippen LogP contribution in [0.4, 0.5) is 0 Å². The zero-order valence-corrected chi connectivity index (χ0v) is 16.3. The molecule has 0 heterocycles. The number of benzene rings is 2. The normalized spacial score (nSPS) is 18.2. The Kier molecular flexibility index (Phi) is 5.94. The van der Waals surface area contributed by atoms with Crippen molar-refractivity contribution in [1.82, 2.24) is 10.2 Å². The van der Waals surface area contributed by atoms with E-state index >= 15 is 0 Å². The Morgan fingerprint density at radius 3 is 2.41 bits per heavy atom. The van der Waals surface area contributed by atoms with Crippen LogP contribution in [0.2, 0.25) is 0 Å². The minimum Gasteiger partial charge on any atom is -0.352 e. The first-order valence-corrected chi connectivity index (χ1v) is 9.63. The van der Waals surface area contributed by atoms with E-state index in [0.29, 0.717) is 19.5 Å². The molecule has 0 saturated heterocycles. The molecular formula is C23H28N2O2. The molecule has 1 aliphatic rings. The highest BCUT2D eigenvalue weighted by molar-refractivity contribution is 5.92. The monoisotopic (exact) mass is 364 g/mol. The Morgan fingerprint density at radius 2 is 1.74 bits per heavy atom. The molecule has 0 radical (unpaired) electrons. The molecule has 2 aromatic rings. The van der Waals surface area contributed by atoms with Crippen molar-refractivity contribution in [1.29, 1.82) is 0 Å². The third-order valence-electron chi connectivity index (χ3n) is 5.10. The first-order chi connectivity index (χ1) is 13.0. The largest absolute Gasteiger partial charge is 0.352 e. The summed E-state index contributed by atoms with van der Waals surface area (Å²) in [7, 11) is 0. The van der Waals surface area contributed by atoms with Crippen LogP contribution in [-0.4, -0.2) is 22.8 Å². The van der Waals surface area contributed by atoms with Crippen LogP contribution in [-0.2, 0) is 22.7 Å². The molecule has 2 aromatic carbocycles. The summed E-state index contributed by atoms with van der Waals surface area (Å²) in [6, 6.07) is 18.2. The topological polar surface area (TPSA) is 49.4 Å². The van der Waals surface area contributed by atoms with Gasteiger partial charge in [0.1, 0.15) is 0 Å². The number of nitrogens with one attached hydrogen (secondary N) is 1. The maximum absolute atomic E-state index is 12.9. The molecule has 0 aromatic heterocycles. The fourth-order valence-corrected chi connectivity index (χ4v) is 3.41. The second-order valence-electron chi connectivity index (χ2n) is 7.70. The van der Waals surface area contributed by atoms with Crippen molar-refractivity contribution in [3.63, 3.8) is 0 Å². The summed E-state index contributed by atoms with van der Waals surface area (Å²) < 4.78 is 0. The fourth-order valence-electron chi connectivity index (χ4n) is 3.41. The van der Waals surface area contributed by atoms with Gasteiger partial charge in [-0.2, -0.15) is 0 Å². The average molecular weight is 364 g/mol. The Hall–Kier alpha value is -2.62. The van der Waals surface area contributed by atoms with Gasteiger partial charge >= 0.3 is 0 Å². The lowest BCUT2D eigenvalue weighted by Gasteiger charge is -2.27. The number of rotatable bonds is 7. The third-order valence-corrected chi connectivity index (χ3v) is 5.10. The van der Waals surface area contributed by atoms with Crippen molar-refractivity contribution in [3.05, 3.63) is 71.3 Å². The molecule has 2 unspecified atom stereocenters. The Bertz CT molecular complexity index is 801. The van der Waals surface area contributed by atoms with Gasteiger partial charge < -0.3 is 10.2 Å². The van der Waals surface area contributed by atoms with Gasteiger partial charge in [0.05, 0.1) is 11.8 Å². The van der Waals surface area contributed by atoms with Crippen molar-refractivity contribution < 1.29 is 9.59 Å². The Labute approximate surface area is 161 Å². The molecular weight excluding hydrogens is 336 g/mol. The quantitative estimate of drug-likeness (QED) is 0.815. The van der Waals surface area contributed by atoms with Gasteiger partial charge in [0.2, 0.25) is 11.8 Å². The summed E-state index contributed by atoms with van der Waals surface area (Å²) in [6.07, 6.45) is 0.649. The van der Waals surface area contributed by atoms with Crippen LogP contribution >= 0.6 is 0 Å². The fraction of sp³-hybridized carbons (Fsp3) is 0.391. The predicted octanol–water partition coefficient (Wildman–Crippen LogP) is 3.68. The van der Waals surface area contributed by atoms with Gasteiger partial charge in [-0.15, -0.1) is 0 Å². The smallest absolute Gasteiger partial charge is 0.227 e. The van der Waals surface area contributed by atoms with Crippen molar-refractivity contribution in [2.45, 2.75) is 46.3 Å². The molecule has 0 spiro atoms. The van der Waals surface area contributed by atoms with E-state index in [0.717, 1.165) is 11.1 Å². The average Bonchev–Trinajstić information content (AvgIpc) is 3.45. The Balaban J connectivity index is 1.55. The molecule has 142 valence electrons. The van der Waals surface area contributed by atoms with Gasteiger partial charge in [-0.05, 0) is 38.3 Å². The number of hydrogen-bond acceptors (Lipinski definition) is 2. The molecule has 1 saturated carbocycles. The van der Waals surface area contributed by atoms with Gasteiger partial charge in [-0.3, -0.25) is 9.59 Å². The molecule has 1 aliphatic carbocycles. The summed E-state index contributed by atoms with van der Waals surface area (Å²) in [6.45, 7) is 7.18. The molecule has 0 aliphatic heterocycles. The molecule has 27 heavy (non-hydrogen) atoms. The molecule has 4 heteroatoms. The Morgan fingerprint density at radius 1 is 1.04 bits per heavy atom. The SMILES string of the molecule is Cc1cccc(CNC(=O)C2CC2C(=O)N(Cc2ccccc2)C(C)C)c1. The summed E-state index contributed by atoms with van der Waals surface area (Å²) >= 11 is 0. The van der Waals surface area contributed by atoms with E-state index in [1.54, 1.807) is 0 Å². The number of nitrogens with zero attached hydrogens (tertiary/aromatic N) is 1. The van der Waals surface area contributed by atoms with Gasteiger partial charge in [0.25, 0.3) is 0 Å². The maximum Gasteiger partial charge on any atom is 0.227 e. The van der Waals surface area contributed by atoms with Gasteiger partial charge in [-0.1, -0.05) is 60.2 Å². The van der Waals surface area contributed by atoms with Crippen LogP contribution in [0, 0.1) is 18.8 Å². The molecule has 2 amide bonds. The van der Waals surface area contributed by atoms with Gasteiger partial charge in [-0.25, -0.2) is 0 Å². The third kappa shape index (κ3) is 4.97. The molecule has 4 nitrogen and oxygen atoms in total. The molecule has 1 N–H and O–H groups in total. The van der Waals surface area contributed by atoms with Crippen LogP contribution in [0.15, 0.2) is 54.6 Å². The number of aryl methyl sites for hydroxylation is 1. The molecule has 3 rings (SSSR count). The lowest BCUT2D eigenvalue weighted by atomic mass is 10.1. The van der Waals surface area contributed by atoms with E-state index in [1.165, 1.54) is 5.56 Å². The van der Waals surface area contributed by atoms with Crippen LogP contribution in [0.1, 0.15) is 37.0 Å². The van der Waals surface area contributed by atoms with Gasteiger partial charge in [0, 0.05) is 19.1 Å². The van der Waals surface area contributed by atoms with E-state index in [9.17, 15) is 9.59 Å². The van der Waals surface area contributed by atoms with Crippen LogP contribution in [0.25, 0.3) is 0 Å². The summed E-state index contributed by atoms with van der Waals surface area (Å²) in [5, 5.41) is 2.98. The highest BCUT2D eigenvalue weighted by Crippen LogP contribution is 2.40. The van der Waals surface area contributed by atoms with Gasteiger partial charge in [0.15, 0.2) is 0 Å². The first kappa shape index (κ1) is 19.2. The zero-order chi connectivity index (χ0) is 19.4. The van der Waals surface area contributed by atoms with Crippen LogP contribution < -0.4 is 5.32 Å². The van der Waals surface area contributed by atoms with E-state index < -0.39 is 0 Å². The predicted molar refractivity (Wildman–Crippen MR) is 107 cm³/mol. The summed E-state index contributed by atoms with van der Waals surface area (Å²) in [5.41, 5.74) is 3.37. The molecule has 0 bridgehead atoms. The van der Waals surface area contributed by atoms with E-state index in [-0.39, 0.29) is 29.7 Å². The minimum atomic E-state index is -0.195. The zero-order valence-electron chi connectivity index (χ0n) is 16.3. The van der Waals surface area contributed by atoms with Crippen LogP contribution in [0.5, 0.6) is 0 Å². The number of carbonyl (C=O) groups excluding carboxylic acids is 2. The van der Waals surface area contributed by atoms with E-state index in [4.69, 9.17) is 0 Å². The standard InChI is InChI=1S/C23H28N2O2/c1-16(2)25(15-18-9-5-4-6-10-18)23(27)21-13-20(21)22(26)24-14-19-11-7-8-17(3)12-19/h4-12,16,20-21H,13-15H2,1-3H3,(H,24,26).